The van der Waals surface area contributed by atoms with E-state index in [-0.39, 0.29) is 12.1 Å². The van der Waals surface area contributed by atoms with Gasteiger partial charge in [0.15, 0.2) is 0 Å². The van der Waals surface area contributed by atoms with Gasteiger partial charge in [-0.1, -0.05) is 12.1 Å². The van der Waals surface area contributed by atoms with Crippen LogP contribution in [0.2, 0.25) is 0 Å². The van der Waals surface area contributed by atoms with Gasteiger partial charge in [-0.25, -0.2) is 4.79 Å². The molecule has 0 bridgehead atoms. The number of methoxy groups -OCH3 is 1. The van der Waals surface area contributed by atoms with Gasteiger partial charge in [0.25, 0.3) is 0 Å². The van der Waals surface area contributed by atoms with Gasteiger partial charge in [-0.15, -0.1) is 0 Å². The fourth-order valence-corrected chi connectivity index (χ4v) is 2.33. The van der Waals surface area contributed by atoms with Crippen molar-refractivity contribution in [3.05, 3.63) is 59.7 Å². The third-order valence-corrected chi connectivity index (χ3v) is 3.58. The van der Waals surface area contributed by atoms with Gasteiger partial charge in [-0.05, 0) is 36.4 Å². The Balaban J connectivity index is 2.21. The van der Waals surface area contributed by atoms with Crippen LogP contribution in [0.25, 0.3) is 0 Å². The second-order valence-corrected chi connectivity index (χ2v) is 5.35. The molecule has 0 aromatic heterocycles. The second-order valence-electron chi connectivity index (χ2n) is 5.35. The largest absolute Gasteiger partial charge is 0.465 e. The maximum atomic E-state index is 12.3. The van der Waals surface area contributed by atoms with E-state index in [1.54, 1.807) is 42.5 Å². The molecule has 0 unspecified atom stereocenters. The lowest BCUT2D eigenvalue weighted by Gasteiger charge is -2.22. The molecule has 0 saturated carbocycles. The molecule has 0 saturated heterocycles. The molecule has 0 aliphatic rings. The number of benzene rings is 2. The minimum atomic E-state index is -0.598. The highest BCUT2D eigenvalue weighted by Gasteiger charge is 2.22. The van der Waals surface area contributed by atoms with Crippen LogP contribution >= 0.6 is 0 Å². The molecule has 7 nitrogen and oxygen atoms in total. The average Bonchev–Trinajstić information content (AvgIpc) is 2.66. The topological polar surface area (TPSA) is 99.5 Å². The van der Waals surface area contributed by atoms with Crippen LogP contribution in [0, 0.1) is 11.3 Å². The third-order valence-electron chi connectivity index (χ3n) is 3.58. The predicted octanol–water partition coefficient (Wildman–Crippen LogP) is 2.34. The van der Waals surface area contributed by atoms with Gasteiger partial charge in [0.1, 0.15) is 6.54 Å². The van der Waals surface area contributed by atoms with Crippen LogP contribution in [0.15, 0.2) is 48.5 Å². The molecule has 2 aromatic rings. The lowest BCUT2D eigenvalue weighted by Crippen LogP contribution is -2.37. The smallest absolute Gasteiger partial charge is 0.339 e. The van der Waals surface area contributed by atoms with Crippen LogP contribution < -0.4 is 10.2 Å². The van der Waals surface area contributed by atoms with Gasteiger partial charge in [0, 0.05) is 12.6 Å². The van der Waals surface area contributed by atoms with Crippen LogP contribution in [0.1, 0.15) is 22.8 Å². The van der Waals surface area contributed by atoms with Gasteiger partial charge in [0.2, 0.25) is 11.8 Å². The highest BCUT2D eigenvalue weighted by atomic mass is 16.5. The number of nitrogens with one attached hydrogen (secondary N) is 1. The summed E-state index contributed by atoms with van der Waals surface area (Å²) in [5.74, 6) is -1.43. The SMILES string of the molecule is COC(=O)c1ccccc1N(CC(=O)Nc1ccc(C#N)cc1)C(C)=O. The fraction of sp³-hybridized carbons (Fsp3) is 0.158. The number of nitrogens with zero attached hydrogens (tertiary/aromatic N) is 2. The summed E-state index contributed by atoms with van der Waals surface area (Å²) in [6.07, 6.45) is 0. The van der Waals surface area contributed by atoms with Crippen molar-refractivity contribution in [2.45, 2.75) is 6.92 Å². The number of hydrogen-bond acceptors (Lipinski definition) is 5. The lowest BCUT2D eigenvalue weighted by molar-refractivity contribution is -0.120. The number of amides is 2. The van der Waals surface area contributed by atoms with E-state index in [0.717, 1.165) is 0 Å². The Bertz CT molecular complexity index is 869. The highest BCUT2D eigenvalue weighted by Crippen LogP contribution is 2.21. The number of anilines is 2. The van der Waals surface area contributed by atoms with Crippen molar-refractivity contribution in [1.29, 1.82) is 5.26 Å². The van der Waals surface area contributed by atoms with Gasteiger partial charge < -0.3 is 15.0 Å². The number of para-hydroxylation sites is 1. The van der Waals surface area contributed by atoms with Crippen LogP contribution in [0.5, 0.6) is 0 Å². The Hall–Kier alpha value is -3.66. The first-order valence-corrected chi connectivity index (χ1v) is 7.71. The molecule has 0 spiro atoms. The van der Waals surface area contributed by atoms with E-state index in [1.807, 2.05) is 6.07 Å². The molecule has 0 aliphatic heterocycles. The first-order valence-electron chi connectivity index (χ1n) is 7.71. The number of rotatable bonds is 5. The summed E-state index contributed by atoms with van der Waals surface area (Å²) in [5, 5.41) is 11.4. The molecule has 132 valence electrons. The Morgan fingerprint density at radius 3 is 2.35 bits per heavy atom. The zero-order valence-corrected chi connectivity index (χ0v) is 14.4. The number of ether oxygens (including phenoxy) is 1. The monoisotopic (exact) mass is 351 g/mol. The van der Waals surface area contributed by atoms with E-state index in [4.69, 9.17) is 10.00 Å². The lowest BCUT2D eigenvalue weighted by atomic mass is 10.1. The van der Waals surface area contributed by atoms with Crippen molar-refractivity contribution in [1.82, 2.24) is 0 Å². The predicted molar refractivity (Wildman–Crippen MR) is 95.6 cm³/mol. The van der Waals surface area contributed by atoms with E-state index < -0.39 is 17.8 Å². The standard InChI is InChI=1S/C19H17N3O4/c1-13(23)22(17-6-4-3-5-16(17)19(25)26-2)12-18(24)21-15-9-7-14(11-20)8-10-15/h3-10H,12H2,1-2H3,(H,21,24). The first-order chi connectivity index (χ1) is 12.5. The molecule has 2 aromatic carbocycles. The average molecular weight is 351 g/mol. The minimum absolute atomic E-state index is 0.191. The molecule has 0 aliphatic carbocycles. The maximum Gasteiger partial charge on any atom is 0.339 e. The van der Waals surface area contributed by atoms with Gasteiger partial charge in [-0.3, -0.25) is 9.59 Å². The normalized spacial score (nSPS) is 9.73. The Morgan fingerprint density at radius 2 is 1.77 bits per heavy atom. The summed E-state index contributed by atoms with van der Waals surface area (Å²) in [6.45, 7) is 1.03. The van der Waals surface area contributed by atoms with Crippen LogP contribution in [-0.2, 0) is 14.3 Å². The minimum Gasteiger partial charge on any atom is -0.465 e. The molecule has 1 N–H and O–H groups in total. The summed E-state index contributed by atoms with van der Waals surface area (Å²) in [4.78, 5) is 37.5. The van der Waals surface area contributed by atoms with E-state index in [0.29, 0.717) is 16.9 Å². The van der Waals surface area contributed by atoms with Crippen molar-refractivity contribution in [3.63, 3.8) is 0 Å². The number of carbonyl (C=O) groups is 3. The zero-order chi connectivity index (χ0) is 19.1. The summed E-state index contributed by atoms with van der Waals surface area (Å²) in [6, 6.07) is 14.7. The molecule has 0 heterocycles. The van der Waals surface area contributed by atoms with Gasteiger partial charge >= 0.3 is 5.97 Å². The number of hydrogen-bond donors (Lipinski definition) is 1. The molecular formula is C19H17N3O4. The fourth-order valence-electron chi connectivity index (χ4n) is 2.33. The maximum absolute atomic E-state index is 12.3. The summed E-state index contributed by atoms with van der Waals surface area (Å²) in [5.41, 5.74) is 1.46. The molecular weight excluding hydrogens is 334 g/mol. The molecule has 2 rings (SSSR count). The molecule has 2 amide bonds. The van der Waals surface area contributed by atoms with Crippen LogP contribution in [-0.4, -0.2) is 31.4 Å². The zero-order valence-electron chi connectivity index (χ0n) is 14.4. The number of nitriles is 1. The number of carbonyl (C=O) groups excluding carboxylic acids is 3. The molecule has 26 heavy (non-hydrogen) atoms. The van der Waals surface area contributed by atoms with Crippen molar-refractivity contribution < 1.29 is 19.1 Å². The summed E-state index contributed by atoms with van der Waals surface area (Å²) >= 11 is 0. The molecule has 0 radical (unpaired) electrons. The number of esters is 1. The molecule has 0 fully saturated rings. The van der Waals surface area contributed by atoms with Crippen LogP contribution in [0.4, 0.5) is 11.4 Å². The Kier molecular flexibility index (Phi) is 6.06. The Labute approximate surface area is 150 Å². The second kappa shape index (κ2) is 8.44. The van der Waals surface area contributed by atoms with E-state index in [9.17, 15) is 14.4 Å². The summed E-state index contributed by atoms with van der Waals surface area (Å²) in [7, 11) is 1.24. The van der Waals surface area contributed by atoms with Gasteiger partial charge in [-0.2, -0.15) is 5.26 Å². The van der Waals surface area contributed by atoms with E-state index >= 15 is 0 Å². The quantitative estimate of drug-likeness (QED) is 0.834. The van der Waals surface area contributed by atoms with E-state index in [2.05, 4.69) is 5.32 Å². The summed E-state index contributed by atoms with van der Waals surface area (Å²) < 4.78 is 4.73. The first kappa shape index (κ1) is 18.7. The van der Waals surface area contributed by atoms with Crippen molar-refractivity contribution in [3.8, 4) is 6.07 Å². The van der Waals surface area contributed by atoms with Crippen molar-refractivity contribution in [2.75, 3.05) is 23.9 Å². The molecule has 7 heteroatoms. The van der Waals surface area contributed by atoms with Crippen molar-refractivity contribution in [2.24, 2.45) is 0 Å². The van der Waals surface area contributed by atoms with Crippen LogP contribution in [0.3, 0.4) is 0 Å². The van der Waals surface area contributed by atoms with Crippen molar-refractivity contribution >= 4 is 29.2 Å². The van der Waals surface area contributed by atoms with Gasteiger partial charge in [0.05, 0.1) is 30.0 Å². The molecule has 0 atom stereocenters. The van der Waals surface area contributed by atoms with E-state index in [1.165, 1.54) is 25.0 Å². The Morgan fingerprint density at radius 1 is 1.12 bits per heavy atom. The third kappa shape index (κ3) is 4.45. The highest BCUT2D eigenvalue weighted by molar-refractivity contribution is 6.06.